The molecule has 0 unspecified atom stereocenters. The maximum Gasteiger partial charge on any atom is 0.406 e. The van der Waals surface area contributed by atoms with Gasteiger partial charge in [0.05, 0.1) is 7.11 Å². The molecular formula is C37H38BrF3NO3PS. The van der Waals surface area contributed by atoms with E-state index in [1.54, 1.807) is 18.2 Å². The van der Waals surface area contributed by atoms with Gasteiger partial charge in [-0.15, -0.1) is 0 Å². The lowest BCUT2D eigenvalue weighted by molar-refractivity contribution is -0.165. The number of fused-ring (bicyclic) bond motifs is 3. The van der Waals surface area contributed by atoms with Gasteiger partial charge in [0.25, 0.3) is 0 Å². The third-order valence-corrected chi connectivity index (χ3v) is 8.98. The van der Waals surface area contributed by atoms with Crippen molar-refractivity contribution < 1.29 is 27.4 Å². The second-order valence-electron chi connectivity index (χ2n) is 11.5. The van der Waals surface area contributed by atoms with Gasteiger partial charge < -0.3 is 14.4 Å². The van der Waals surface area contributed by atoms with Gasteiger partial charge in [-0.25, -0.2) is 0 Å². The molecule has 0 atom stereocenters. The van der Waals surface area contributed by atoms with Crippen molar-refractivity contribution in [3.63, 3.8) is 0 Å². The number of halogens is 4. The molecule has 1 aliphatic carbocycles. The lowest BCUT2D eigenvalue weighted by atomic mass is 9.72. The molecule has 0 fully saturated rings. The van der Waals surface area contributed by atoms with Gasteiger partial charge in [-0.1, -0.05) is 119 Å². The minimum atomic E-state index is -4.60. The van der Waals surface area contributed by atoms with Gasteiger partial charge in [0.2, 0.25) is 5.91 Å². The molecule has 47 heavy (non-hydrogen) atoms. The Balaban J connectivity index is 0.00000245. The maximum atomic E-state index is 14.8. The van der Waals surface area contributed by atoms with Crippen LogP contribution in [0.25, 0.3) is 11.1 Å². The van der Waals surface area contributed by atoms with Crippen LogP contribution in [-0.4, -0.2) is 36.0 Å². The Morgan fingerprint density at radius 3 is 2.09 bits per heavy atom. The Bertz CT molecular complexity index is 1610. The van der Waals surface area contributed by atoms with Crippen LogP contribution < -0.4 is 9.47 Å². The summed E-state index contributed by atoms with van der Waals surface area (Å²) in [6.45, 7) is 0.692. The third-order valence-electron chi connectivity index (χ3n) is 8.42. The van der Waals surface area contributed by atoms with Gasteiger partial charge in [-0.3, -0.25) is 4.79 Å². The minimum absolute atomic E-state index is 0.271. The number of aryl methyl sites for hydroxylation is 1. The highest BCUT2D eigenvalue weighted by Gasteiger charge is 2.51. The highest BCUT2D eigenvalue weighted by atomic mass is 79.9. The van der Waals surface area contributed by atoms with Crippen molar-refractivity contribution in [3.05, 3.63) is 119 Å². The van der Waals surface area contributed by atoms with Crippen LogP contribution in [0.2, 0.25) is 0 Å². The molecule has 4 nitrogen and oxygen atoms in total. The number of carbonyl (C=O) groups is 1. The molecule has 0 aromatic heterocycles. The summed E-state index contributed by atoms with van der Waals surface area (Å²) in [7, 11) is 4.02. The number of amides is 1. The van der Waals surface area contributed by atoms with Crippen molar-refractivity contribution in [1.29, 1.82) is 0 Å². The summed E-state index contributed by atoms with van der Waals surface area (Å²) in [5.41, 5.74) is 4.66. The molecule has 248 valence electrons. The Hall–Kier alpha value is -3.26. The number of methoxy groups -OCH3 is 1. The number of unbranched alkanes of at least 4 members (excludes halogenated alkanes) is 2. The second-order valence-corrected chi connectivity index (χ2v) is 12.3. The molecule has 4 aromatic rings. The largest absolute Gasteiger partial charge is 0.496 e. The van der Waals surface area contributed by atoms with Gasteiger partial charge in [-0.05, 0) is 67.7 Å². The van der Waals surface area contributed by atoms with Crippen molar-refractivity contribution >= 4 is 41.7 Å². The van der Waals surface area contributed by atoms with Crippen LogP contribution in [0.3, 0.4) is 0 Å². The van der Waals surface area contributed by atoms with Crippen LogP contribution in [0.4, 0.5) is 13.2 Å². The van der Waals surface area contributed by atoms with Crippen LogP contribution in [0.5, 0.6) is 11.5 Å². The minimum Gasteiger partial charge on any atom is -0.496 e. The quantitative estimate of drug-likeness (QED) is 0.0777. The molecule has 1 amide bonds. The predicted octanol–water partition coefficient (Wildman–Crippen LogP) is 9.99. The first-order valence-electron chi connectivity index (χ1n) is 15.3. The lowest BCUT2D eigenvalue weighted by Gasteiger charge is -2.37. The lowest BCUT2D eigenvalue weighted by Crippen LogP contribution is -2.49. The van der Waals surface area contributed by atoms with E-state index in [1.807, 2.05) is 79.7 Å². The number of hydrogen-bond acceptors (Lipinski definition) is 4. The van der Waals surface area contributed by atoms with E-state index in [9.17, 15) is 18.0 Å². The maximum absolute atomic E-state index is 14.8. The second kappa shape index (κ2) is 16.7. The van der Waals surface area contributed by atoms with Crippen LogP contribution >= 0.6 is 23.9 Å². The first-order valence-corrected chi connectivity index (χ1v) is 18.1. The van der Waals surface area contributed by atoms with Crippen LogP contribution in [0.15, 0.2) is 91.0 Å². The first-order chi connectivity index (χ1) is 22.7. The zero-order valence-corrected chi connectivity index (χ0v) is 29.8. The van der Waals surface area contributed by atoms with Crippen molar-refractivity contribution in [3.8, 4) is 22.6 Å². The predicted molar refractivity (Wildman–Crippen MR) is 191 cm³/mol. The monoisotopic (exact) mass is 743 g/mol. The zero-order chi connectivity index (χ0) is 34.0. The van der Waals surface area contributed by atoms with Gasteiger partial charge >= 0.3 is 6.18 Å². The molecule has 0 heterocycles. The zero-order valence-electron chi connectivity index (χ0n) is 26.4. The average molecular weight is 745 g/mol. The number of alkyl halides is 4. The normalized spacial score (nSPS) is 12.7. The molecule has 0 saturated heterocycles. The molecule has 10 heteroatoms. The van der Waals surface area contributed by atoms with E-state index in [4.69, 9.17) is 9.47 Å². The summed E-state index contributed by atoms with van der Waals surface area (Å²) in [5.74, 6) is 0.319. The number of ether oxygens (including phenoxy) is 2. The molecule has 5 rings (SSSR count). The van der Waals surface area contributed by atoms with Crippen molar-refractivity contribution in [2.75, 3.05) is 19.0 Å². The molecule has 0 saturated carbocycles. The fourth-order valence-electron chi connectivity index (χ4n) is 6.28. The molecule has 0 aliphatic heterocycles. The van der Waals surface area contributed by atoms with E-state index in [-0.39, 0.29) is 6.54 Å². The Kier molecular flexibility index (Phi) is 13.0. The van der Waals surface area contributed by atoms with Gasteiger partial charge in [0, 0.05) is 23.5 Å². The Morgan fingerprint density at radius 1 is 0.894 bits per heavy atom. The summed E-state index contributed by atoms with van der Waals surface area (Å²) >= 11 is 7.36. The molecule has 0 N–H and O–H groups in total. The van der Waals surface area contributed by atoms with Crippen LogP contribution in [-0.2, 0) is 35.2 Å². The summed E-state index contributed by atoms with van der Waals surface area (Å²) in [5, 5.41) is 0.825. The van der Waals surface area contributed by atoms with E-state index in [0.29, 0.717) is 36.5 Å². The number of benzene rings is 4. The Morgan fingerprint density at radius 2 is 1.51 bits per heavy atom. The highest BCUT2D eigenvalue weighted by Crippen LogP contribution is 2.52. The Labute approximate surface area is 290 Å². The SMILES string of the molecule is COc1cc(OCc2ccc(C)cc2)ccc1CN(CC(F)(F)F)C(=O)C1(CCCCCBr)c2ccccc2-c2ccccc21.P=S. The van der Waals surface area contributed by atoms with Gasteiger partial charge in [-0.2, -0.15) is 13.2 Å². The van der Waals surface area contributed by atoms with Crippen molar-refractivity contribution in [1.82, 2.24) is 4.90 Å². The molecule has 4 aromatic carbocycles. The fraction of sp³-hybridized carbons (Fsp3) is 0.324. The van der Waals surface area contributed by atoms with Gasteiger partial charge in [0.1, 0.15) is 30.1 Å². The molecule has 0 bridgehead atoms. The smallest absolute Gasteiger partial charge is 0.406 e. The highest BCUT2D eigenvalue weighted by molar-refractivity contribution is 9.09. The average Bonchev–Trinajstić information content (AvgIpc) is 3.37. The van der Waals surface area contributed by atoms with E-state index < -0.39 is 24.0 Å². The van der Waals surface area contributed by atoms with Crippen molar-refractivity contribution in [2.24, 2.45) is 0 Å². The summed E-state index contributed by atoms with van der Waals surface area (Å²) in [6, 6.07) is 28.2. The van der Waals surface area contributed by atoms with Crippen LogP contribution in [0, 0.1) is 6.92 Å². The number of rotatable bonds is 13. The van der Waals surface area contributed by atoms with E-state index >= 15 is 0 Å². The third kappa shape index (κ3) is 8.62. The number of nitrogens with zero attached hydrogens (tertiary/aromatic N) is 1. The molecular weight excluding hydrogens is 706 g/mol. The molecule has 1 aliphatic rings. The standard InChI is InChI=1S/C37H37BrF3NO3.HPS/c1-26-14-16-27(17-15-26)24-45-29-19-18-28(34(22-29)44-2)23-42(25-37(39,40)41)35(43)36(20-8-3-9-21-38)32-12-6-4-10-30(32)31-11-5-7-13-33(31)36;1-2/h4-7,10-19,22H,3,8-9,20-21,23-25H2,1-2H3;1H. The summed E-state index contributed by atoms with van der Waals surface area (Å²) in [6.07, 6.45) is -1.74. The number of hydrogen-bond donors (Lipinski definition) is 0. The van der Waals surface area contributed by atoms with Crippen molar-refractivity contribution in [2.45, 2.75) is 57.3 Å². The summed E-state index contributed by atoms with van der Waals surface area (Å²) < 4.78 is 54.2. The number of carbonyl (C=O) groups excluding carboxylic acids is 1. The van der Waals surface area contributed by atoms with Gasteiger partial charge in [0.15, 0.2) is 0 Å². The summed E-state index contributed by atoms with van der Waals surface area (Å²) in [4.78, 5) is 15.8. The molecule has 0 radical (unpaired) electrons. The first kappa shape index (κ1) is 36.6. The fourth-order valence-corrected chi connectivity index (χ4v) is 6.68. The van der Waals surface area contributed by atoms with Crippen LogP contribution in [0.1, 0.15) is 53.5 Å². The van der Waals surface area contributed by atoms with E-state index in [0.717, 1.165) is 56.5 Å². The van der Waals surface area contributed by atoms with E-state index in [1.165, 1.54) is 7.11 Å². The molecule has 0 spiro atoms. The van der Waals surface area contributed by atoms with E-state index in [2.05, 4.69) is 35.8 Å². The topological polar surface area (TPSA) is 38.8 Å².